The number of ether oxygens (including phenoxy) is 1. The van der Waals surface area contributed by atoms with E-state index < -0.39 is 16.1 Å². The van der Waals surface area contributed by atoms with E-state index in [2.05, 4.69) is 19.2 Å². The van der Waals surface area contributed by atoms with Crippen molar-refractivity contribution in [2.45, 2.75) is 78.0 Å². The molecule has 0 aromatic heterocycles. The van der Waals surface area contributed by atoms with E-state index in [9.17, 15) is 13.2 Å². The van der Waals surface area contributed by atoms with Crippen LogP contribution in [0.15, 0.2) is 42.5 Å². The van der Waals surface area contributed by atoms with Gasteiger partial charge in [0.1, 0.15) is 17.4 Å². The number of sulfonamides is 1. The molecule has 1 N–H and O–H groups in total. The molecule has 7 heteroatoms. The molecular weight excluding hydrogens is 436 g/mol. The maximum Gasteiger partial charge on any atom is 0.244 e. The minimum absolute atomic E-state index is 0.253. The topological polar surface area (TPSA) is 75.7 Å². The van der Waals surface area contributed by atoms with Crippen molar-refractivity contribution in [3.8, 4) is 5.75 Å². The lowest BCUT2D eigenvalue weighted by Crippen LogP contribution is -2.52. The average Bonchev–Trinajstić information content (AvgIpc) is 2.75. The van der Waals surface area contributed by atoms with Crippen molar-refractivity contribution in [1.82, 2.24) is 5.32 Å². The molecule has 0 bridgehead atoms. The first-order valence-electron chi connectivity index (χ1n) is 11.7. The van der Waals surface area contributed by atoms with E-state index in [1.807, 2.05) is 63.2 Å². The first-order valence-corrected chi connectivity index (χ1v) is 13.5. The molecule has 0 unspecified atom stereocenters. The number of nitrogens with one attached hydrogen (secondary N) is 1. The smallest absolute Gasteiger partial charge is 0.244 e. The van der Waals surface area contributed by atoms with Crippen LogP contribution in [-0.2, 0) is 14.8 Å². The first-order chi connectivity index (χ1) is 15.5. The van der Waals surface area contributed by atoms with Crippen molar-refractivity contribution in [2.24, 2.45) is 0 Å². The lowest BCUT2D eigenvalue weighted by molar-refractivity contribution is -0.123. The van der Waals surface area contributed by atoms with Crippen molar-refractivity contribution in [1.29, 1.82) is 0 Å². The summed E-state index contributed by atoms with van der Waals surface area (Å²) < 4.78 is 33.4. The number of nitrogens with zero attached hydrogens (tertiary/aromatic N) is 1. The maximum absolute atomic E-state index is 13.6. The Hall–Kier alpha value is -2.54. The third-order valence-corrected chi connectivity index (χ3v) is 7.77. The van der Waals surface area contributed by atoms with Gasteiger partial charge < -0.3 is 10.1 Å². The van der Waals surface area contributed by atoms with Crippen LogP contribution in [0.1, 0.15) is 69.2 Å². The van der Waals surface area contributed by atoms with Crippen LogP contribution in [0.2, 0.25) is 0 Å². The quantitative estimate of drug-likeness (QED) is 0.584. The van der Waals surface area contributed by atoms with Gasteiger partial charge in [0, 0.05) is 12.0 Å². The Balaban J connectivity index is 1.98. The van der Waals surface area contributed by atoms with Gasteiger partial charge in [-0.05, 0) is 62.4 Å². The van der Waals surface area contributed by atoms with E-state index in [4.69, 9.17) is 4.74 Å². The summed E-state index contributed by atoms with van der Waals surface area (Å²) in [7, 11) is -3.69. The number of anilines is 1. The van der Waals surface area contributed by atoms with Crippen LogP contribution < -0.4 is 14.4 Å². The summed E-state index contributed by atoms with van der Waals surface area (Å²) in [5.74, 6) is 0.477. The minimum Gasteiger partial charge on any atom is -0.487 e. The zero-order chi connectivity index (χ0) is 24.4. The van der Waals surface area contributed by atoms with Crippen molar-refractivity contribution >= 4 is 21.6 Å². The standard InChI is InChI=1S/C26H36N2O4S/c1-7-23(28(33(6,30)31)20-15-18(4)14-19(5)16-20)25(29)27-22-17-26(8-2,9-3)32-24-13-11-10-12-21(22)24/h10-16,22-23H,7-9,17H2,1-6H3,(H,27,29)/t22-,23-/m1/s1. The zero-order valence-corrected chi connectivity index (χ0v) is 21.3. The van der Waals surface area contributed by atoms with Crippen molar-refractivity contribution in [3.63, 3.8) is 0 Å². The van der Waals surface area contributed by atoms with E-state index in [0.29, 0.717) is 18.5 Å². The molecule has 180 valence electrons. The van der Waals surface area contributed by atoms with Crippen molar-refractivity contribution < 1.29 is 17.9 Å². The summed E-state index contributed by atoms with van der Waals surface area (Å²) >= 11 is 0. The molecule has 2 atom stereocenters. The zero-order valence-electron chi connectivity index (χ0n) is 20.5. The van der Waals surface area contributed by atoms with E-state index in [1.165, 1.54) is 4.31 Å². The first kappa shape index (κ1) is 25.1. The third kappa shape index (κ3) is 5.35. The van der Waals surface area contributed by atoms with Crippen LogP contribution in [-0.4, -0.2) is 32.2 Å². The highest BCUT2D eigenvalue weighted by Crippen LogP contribution is 2.42. The van der Waals surface area contributed by atoms with Gasteiger partial charge in [-0.3, -0.25) is 9.10 Å². The van der Waals surface area contributed by atoms with Crippen molar-refractivity contribution in [2.75, 3.05) is 10.6 Å². The van der Waals surface area contributed by atoms with E-state index in [0.717, 1.165) is 41.5 Å². The summed E-state index contributed by atoms with van der Waals surface area (Å²) in [5.41, 5.74) is 2.97. The Morgan fingerprint density at radius 1 is 1.12 bits per heavy atom. The highest BCUT2D eigenvalue weighted by atomic mass is 32.2. The Bertz CT molecular complexity index is 1090. The van der Waals surface area contributed by atoms with E-state index >= 15 is 0 Å². The van der Waals surface area contributed by atoms with Crippen LogP contribution >= 0.6 is 0 Å². The fraction of sp³-hybridized carbons (Fsp3) is 0.500. The predicted octanol–water partition coefficient (Wildman–Crippen LogP) is 5.05. The molecule has 0 saturated heterocycles. The highest BCUT2D eigenvalue weighted by molar-refractivity contribution is 7.92. The normalized spacial score (nSPS) is 18.1. The molecule has 1 heterocycles. The summed E-state index contributed by atoms with van der Waals surface area (Å²) in [4.78, 5) is 13.6. The highest BCUT2D eigenvalue weighted by Gasteiger charge is 2.40. The number of benzene rings is 2. The molecule has 3 rings (SSSR count). The minimum atomic E-state index is -3.69. The number of aryl methyl sites for hydroxylation is 2. The fourth-order valence-electron chi connectivity index (χ4n) is 4.84. The SMILES string of the molecule is CC[C@H](C(=O)N[C@@H]1CC(CC)(CC)Oc2ccccc21)N(c1cc(C)cc(C)c1)S(C)(=O)=O. The molecular formula is C26H36N2O4S. The molecule has 0 fully saturated rings. The monoisotopic (exact) mass is 472 g/mol. The van der Waals surface area contributed by atoms with E-state index in [-0.39, 0.29) is 17.6 Å². The number of hydrogen-bond donors (Lipinski definition) is 1. The van der Waals surface area contributed by atoms with Crippen molar-refractivity contribution in [3.05, 3.63) is 59.2 Å². The average molecular weight is 473 g/mol. The number of rotatable bonds is 8. The largest absolute Gasteiger partial charge is 0.487 e. The van der Waals surface area contributed by atoms with Crippen LogP contribution in [0.25, 0.3) is 0 Å². The second kappa shape index (κ2) is 9.75. The molecule has 0 saturated carbocycles. The second-order valence-corrected chi connectivity index (χ2v) is 11.0. The Morgan fingerprint density at radius 2 is 1.73 bits per heavy atom. The van der Waals surface area contributed by atoms with Crippen LogP contribution in [0, 0.1) is 13.8 Å². The van der Waals surface area contributed by atoms with Gasteiger partial charge in [-0.1, -0.05) is 45.0 Å². The van der Waals surface area contributed by atoms with Crippen LogP contribution in [0.4, 0.5) is 5.69 Å². The maximum atomic E-state index is 13.6. The molecule has 0 radical (unpaired) electrons. The molecule has 33 heavy (non-hydrogen) atoms. The van der Waals surface area contributed by atoms with Gasteiger partial charge in [0.25, 0.3) is 0 Å². The van der Waals surface area contributed by atoms with Gasteiger partial charge in [0.05, 0.1) is 18.0 Å². The Labute approximate surface area is 198 Å². The lowest BCUT2D eigenvalue weighted by atomic mass is 9.83. The van der Waals surface area contributed by atoms with Gasteiger partial charge in [0.15, 0.2) is 0 Å². The summed E-state index contributed by atoms with van der Waals surface area (Å²) in [6.45, 7) is 9.87. The molecule has 0 spiro atoms. The lowest BCUT2D eigenvalue weighted by Gasteiger charge is -2.42. The number of carbonyl (C=O) groups excluding carboxylic acids is 1. The second-order valence-electron chi connectivity index (χ2n) is 9.12. The van der Waals surface area contributed by atoms with Gasteiger partial charge in [-0.25, -0.2) is 8.42 Å². The number of para-hydroxylation sites is 1. The Kier molecular flexibility index (Phi) is 7.42. The van der Waals surface area contributed by atoms with Gasteiger partial charge in [-0.15, -0.1) is 0 Å². The molecule has 1 aliphatic rings. The summed E-state index contributed by atoms with van der Waals surface area (Å²) in [6, 6.07) is 12.3. The van der Waals surface area contributed by atoms with Crippen LogP contribution in [0.5, 0.6) is 5.75 Å². The number of hydrogen-bond acceptors (Lipinski definition) is 4. The van der Waals surface area contributed by atoms with Gasteiger partial charge >= 0.3 is 0 Å². The predicted molar refractivity (Wildman–Crippen MR) is 133 cm³/mol. The molecule has 2 aromatic carbocycles. The number of carbonyl (C=O) groups is 1. The molecule has 0 aliphatic carbocycles. The molecule has 1 aliphatic heterocycles. The van der Waals surface area contributed by atoms with Gasteiger partial charge in [-0.2, -0.15) is 0 Å². The van der Waals surface area contributed by atoms with Crippen LogP contribution in [0.3, 0.4) is 0 Å². The molecule has 2 aromatic rings. The molecule has 6 nitrogen and oxygen atoms in total. The Morgan fingerprint density at radius 3 is 2.27 bits per heavy atom. The summed E-state index contributed by atoms with van der Waals surface area (Å²) in [5, 5.41) is 3.18. The fourth-order valence-corrected chi connectivity index (χ4v) is 6.03. The molecule has 1 amide bonds. The number of amides is 1. The number of fused-ring (bicyclic) bond motifs is 1. The van der Waals surface area contributed by atoms with Gasteiger partial charge in [0.2, 0.25) is 15.9 Å². The summed E-state index contributed by atoms with van der Waals surface area (Å²) in [6.07, 6.45) is 3.79. The van der Waals surface area contributed by atoms with E-state index in [1.54, 1.807) is 0 Å². The third-order valence-electron chi connectivity index (χ3n) is 6.59.